The molecule has 5 nitrogen and oxygen atoms in total. The second kappa shape index (κ2) is 7.12. The molecular weight excluding hydrogens is 324 g/mol. The minimum atomic E-state index is -0.0748. The molecule has 1 saturated heterocycles. The van der Waals surface area contributed by atoms with Gasteiger partial charge >= 0.3 is 0 Å². The van der Waals surface area contributed by atoms with Crippen LogP contribution in [0.2, 0.25) is 0 Å². The molecule has 1 aromatic heterocycles. The molecule has 0 saturated carbocycles. The molecule has 2 aromatic carbocycles. The van der Waals surface area contributed by atoms with Crippen LogP contribution in [0.4, 0.5) is 0 Å². The molecule has 1 amide bonds. The zero-order valence-electron chi connectivity index (χ0n) is 14.9. The Morgan fingerprint density at radius 3 is 2.35 bits per heavy atom. The lowest BCUT2D eigenvalue weighted by Crippen LogP contribution is -2.36. The van der Waals surface area contributed by atoms with Crippen molar-refractivity contribution >= 4 is 5.91 Å². The third kappa shape index (κ3) is 3.12. The van der Waals surface area contributed by atoms with Crippen molar-refractivity contribution in [1.29, 1.82) is 0 Å². The van der Waals surface area contributed by atoms with Gasteiger partial charge in [0.25, 0.3) is 5.91 Å². The van der Waals surface area contributed by atoms with Gasteiger partial charge in [0.15, 0.2) is 5.82 Å². The molecule has 0 N–H and O–H groups in total. The Bertz CT molecular complexity index is 911. The number of aromatic nitrogens is 3. The molecule has 1 fully saturated rings. The van der Waals surface area contributed by atoms with Crippen LogP contribution >= 0.6 is 0 Å². The summed E-state index contributed by atoms with van der Waals surface area (Å²) in [6.45, 7) is 3.62. The van der Waals surface area contributed by atoms with E-state index in [2.05, 4.69) is 10.1 Å². The lowest BCUT2D eigenvalue weighted by atomic mass is 10.1. The number of para-hydroxylation sites is 1. The maximum atomic E-state index is 12.9. The first-order valence-electron chi connectivity index (χ1n) is 9.12. The number of rotatable bonds is 3. The average molecular weight is 346 g/mol. The van der Waals surface area contributed by atoms with Crippen LogP contribution < -0.4 is 0 Å². The Morgan fingerprint density at radius 2 is 1.62 bits per heavy atom. The zero-order chi connectivity index (χ0) is 17.9. The van der Waals surface area contributed by atoms with Crippen molar-refractivity contribution in [1.82, 2.24) is 19.7 Å². The van der Waals surface area contributed by atoms with Gasteiger partial charge in [0, 0.05) is 18.7 Å². The van der Waals surface area contributed by atoms with Gasteiger partial charge in [-0.3, -0.25) is 4.79 Å². The SMILES string of the molecule is Cc1ccccc1-n1nc(C(=O)N2CCCCC2)nc1-c1ccccc1. The van der Waals surface area contributed by atoms with E-state index in [0.717, 1.165) is 42.7 Å². The number of piperidine rings is 1. The van der Waals surface area contributed by atoms with Gasteiger partial charge in [-0.2, -0.15) is 0 Å². The Hall–Kier alpha value is -2.95. The molecule has 4 rings (SSSR count). The van der Waals surface area contributed by atoms with Gasteiger partial charge in [0.05, 0.1) is 5.69 Å². The van der Waals surface area contributed by atoms with Crippen molar-refractivity contribution < 1.29 is 4.79 Å². The van der Waals surface area contributed by atoms with Crippen LogP contribution in [-0.4, -0.2) is 38.7 Å². The second-order valence-corrected chi connectivity index (χ2v) is 6.68. The average Bonchev–Trinajstić information content (AvgIpc) is 3.14. The largest absolute Gasteiger partial charge is 0.336 e. The Labute approximate surface area is 153 Å². The van der Waals surface area contributed by atoms with Crippen molar-refractivity contribution in [3.8, 4) is 17.1 Å². The number of nitrogens with zero attached hydrogens (tertiary/aromatic N) is 4. The van der Waals surface area contributed by atoms with Crippen LogP contribution in [0.3, 0.4) is 0 Å². The second-order valence-electron chi connectivity index (χ2n) is 6.68. The zero-order valence-corrected chi connectivity index (χ0v) is 14.9. The maximum absolute atomic E-state index is 12.9. The molecule has 0 atom stereocenters. The van der Waals surface area contributed by atoms with Gasteiger partial charge in [-0.1, -0.05) is 48.5 Å². The molecule has 0 bridgehead atoms. The van der Waals surface area contributed by atoms with Crippen LogP contribution in [0, 0.1) is 6.92 Å². The van der Waals surface area contributed by atoms with E-state index in [1.54, 1.807) is 4.68 Å². The normalized spacial score (nSPS) is 14.4. The van der Waals surface area contributed by atoms with Crippen LogP contribution in [0.25, 0.3) is 17.1 Å². The fourth-order valence-electron chi connectivity index (χ4n) is 3.38. The van der Waals surface area contributed by atoms with Crippen LogP contribution in [-0.2, 0) is 0 Å². The lowest BCUT2D eigenvalue weighted by molar-refractivity contribution is 0.0712. The highest BCUT2D eigenvalue weighted by atomic mass is 16.2. The Morgan fingerprint density at radius 1 is 0.923 bits per heavy atom. The first kappa shape index (κ1) is 16.5. The molecule has 0 unspecified atom stereocenters. The first-order valence-corrected chi connectivity index (χ1v) is 9.12. The maximum Gasteiger partial charge on any atom is 0.293 e. The van der Waals surface area contributed by atoms with Gasteiger partial charge < -0.3 is 4.90 Å². The fourth-order valence-corrected chi connectivity index (χ4v) is 3.38. The smallest absolute Gasteiger partial charge is 0.293 e. The van der Waals surface area contributed by atoms with Crippen molar-refractivity contribution in [2.24, 2.45) is 0 Å². The van der Waals surface area contributed by atoms with Gasteiger partial charge in [0.2, 0.25) is 5.82 Å². The summed E-state index contributed by atoms with van der Waals surface area (Å²) in [5.41, 5.74) is 2.98. The number of carbonyl (C=O) groups excluding carboxylic acids is 1. The highest BCUT2D eigenvalue weighted by Crippen LogP contribution is 2.23. The predicted octanol–water partition coefficient (Wildman–Crippen LogP) is 3.87. The number of benzene rings is 2. The summed E-state index contributed by atoms with van der Waals surface area (Å²) in [5, 5.41) is 4.61. The molecular formula is C21H22N4O. The van der Waals surface area contributed by atoms with Gasteiger partial charge in [-0.05, 0) is 37.8 Å². The number of hydrogen-bond acceptors (Lipinski definition) is 3. The number of amides is 1. The van der Waals surface area contributed by atoms with Gasteiger partial charge in [-0.25, -0.2) is 9.67 Å². The topological polar surface area (TPSA) is 51.0 Å². The van der Waals surface area contributed by atoms with E-state index in [0.29, 0.717) is 5.82 Å². The predicted molar refractivity (Wildman–Crippen MR) is 101 cm³/mol. The molecule has 5 heteroatoms. The van der Waals surface area contributed by atoms with E-state index in [1.165, 1.54) is 6.42 Å². The third-order valence-electron chi connectivity index (χ3n) is 4.82. The number of likely N-dealkylation sites (tertiary alicyclic amines) is 1. The van der Waals surface area contributed by atoms with Crippen LogP contribution in [0.5, 0.6) is 0 Å². The standard InChI is InChI=1S/C21H22N4O/c1-16-10-6-7-13-18(16)25-20(17-11-4-2-5-12-17)22-19(23-25)21(26)24-14-8-3-9-15-24/h2,4-7,10-13H,3,8-9,14-15H2,1H3. The molecule has 1 aliphatic rings. The molecule has 0 radical (unpaired) electrons. The number of aryl methyl sites for hydroxylation is 1. The molecule has 0 aliphatic carbocycles. The Kier molecular flexibility index (Phi) is 4.52. The monoisotopic (exact) mass is 346 g/mol. The van der Waals surface area contributed by atoms with Crippen LogP contribution in [0.15, 0.2) is 54.6 Å². The fraction of sp³-hybridized carbons (Fsp3) is 0.286. The van der Waals surface area contributed by atoms with Crippen molar-refractivity contribution in [2.45, 2.75) is 26.2 Å². The van der Waals surface area contributed by atoms with E-state index >= 15 is 0 Å². The highest BCUT2D eigenvalue weighted by molar-refractivity contribution is 5.91. The van der Waals surface area contributed by atoms with E-state index < -0.39 is 0 Å². The number of hydrogen-bond donors (Lipinski definition) is 0. The van der Waals surface area contributed by atoms with Gasteiger partial charge in [-0.15, -0.1) is 5.10 Å². The van der Waals surface area contributed by atoms with Crippen molar-refractivity contribution in [3.63, 3.8) is 0 Å². The van der Waals surface area contributed by atoms with E-state index in [4.69, 9.17) is 0 Å². The van der Waals surface area contributed by atoms with Gasteiger partial charge in [0.1, 0.15) is 0 Å². The minimum Gasteiger partial charge on any atom is -0.336 e. The number of carbonyl (C=O) groups is 1. The quantitative estimate of drug-likeness (QED) is 0.723. The van der Waals surface area contributed by atoms with Crippen molar-refractivity contribution in [3.05, 3.63) is 66.0 Å². The molecule has 132 valence electrons. The first-order chi connectivity index (χ1) is 12.7. The molecule has 3 aromatic rings. The summed E-state index contributed by atoms with van der Waals surface area (Å²) in [5.74, 6) is 0.892. The van der Waals surface area contributed by atoms with E-state index in [-0.39, 0.29) is 11.7 Å². The summed E-state index contributed by atoms with van der Waals surface area (Å²) in [6, 6.07) is 17.9. The molecule has 2 heterocycles. The summed E-state index contributed by atoms with van der Waals surface area (Å²) < 4.78 is 1.79. The summed E-state index contributed by atoms with van der Waals surface area (Å²) in [6.07, 6.45) is 3.29. The summed E-state index contributed by atoms with van der Waals surface area (Å²) in [4.78, 5) is 19.4. The highest BCUT2D eigenvalue weighted by Gasteiger charge is 2.24. The minimum absolute atomic E-state index is 0.0748. The van der Waals surface area contributed by atoms with Crippen molar-refractivity contribution in [2.75, 3.05) is 13.1 Å². The van der Waals surface area contributed by atoms with Crippen LogP contribution in [0.1, 0.15) is 35.4 Å². The summed E-state index contributed by atoms with van der Waals surface area (Å²) >= 11 is 0. The van der Waals surface area contributed by atoms with E-state index in [9.17, 15) is 4.79 Å². The summed E-state index contributed by atoms with van der Waals surface area (Å²) in [7, 11) is 0. The van der Waals surface area contributed by atoms with E-state index in [1.807, 2.05) is 66.4 Å². The molecule has 26 heavy (non-hydrogen) atoms. The molecule has 1 aliphatic heterocycles. The third-order valence-corrected chi connectivity index (χ3v) is 4.82. The lowest BCUT2D eigenvalue weighted by Gasteiger charge is -2.25. The molecule has 0 spiro atoms. The Balaban J connectivity index is 1.80.